The summed E-state index contributed by atoms with van der Waals surface area (Å²) in [7, 11) is 1.65. The summed E-state index contributed by atoms with van der Waals surface area (Å²) in [5, 5.41) is 7.99. The number of carbonyl (C=O) groups is 1. The summed E-state index contributed by atoms with van der Waals surface area (Å²) in [6.07, 6.45) is 1.91. The van der Waals surface area contributed by atoms with Gasteiger partial charge in [0.1, 0.15) is 5.75 Å². The van der Waals surface area contributed by atoms with Crippen molar-refractivity contribution in [3.63, 3.8) is 0 Å². The average Bonchev–Trinajstić information content (AvgIpc) is 3.03. The molecule has 0 atom stereocenters. The third-order valence-electron chi connectivity index (χ3n) is 4.61. The molecule has 0 bridgehead atoms. The van der Waals surface area contributed by atoms with Gasteiger partial charge in [-0.05, 0) is 60.7 Å². The quantitative estimate of drug-likeness (QED) is 0.650. The van der Waals surface area contributed by atoms with E-state index in [0.29, 0.717) is 34.8 Å². The predicted octanol–water partition coefficient (Wildman–Crippen LogP) is 3.86. The second-order valence-corrected chi connectivity index (χ2v) is 6.92. The third-order valence-corrected chi connectivity index (χ3v) is 4.85. The molecule has 2 aromatic carbocycles. The van der Waals surface area contributed by atoms with Crippen LogP contribution in [0.1, 0.15) is 38.4 Å². The van der Waals surface area contributed by atoms with Gasteiger partial charge in [-0.2, -0.15) is 5.10 Å². The molecule has 3 N–H and O–H groups in total. The first-order valence-electron chi connectivity index (χ1n) is 8.71. The Hall–Kier alpha value is -2.79. The highest BCUT2D eigenvalue weighted by molar-refractivity contribution is 6.30. The van der Waals surface area contributed by atoms with E-state index in [9.17, 15) is 4.79 Å². The van der Waals surface area contributed by atoms with Crippen molar-refractivity contribution in [3.8, 4) is 5.75 Å². The molecule has 5 nitrogen and oxygen atoms in total. The molecular weight excluding hydrogens is 362 g/mol. The van der Waals surface area contributed by atoms with E-state index in [1.807, 2.05) is 49.4 Å². The van der Waals surface area contributed by atoms with E-state index >= 15 is 0 Å². The number of H-pyrrole nitrogens is 1. The number of methoxy groups -OCH3 is 1. The Kier molecular flexibility index (Phi) is 5.81. The van der Waals surface area contributed by atoms with Gasteiger partial charge >= 0.3 is 0 Å². The van der Waals surface area contributed by atoms with E-state index < -0.39 is 5.91 Å². The number of nitrogens with two attached hydrogens (primary N) is 1. The Labute approximate surface area is 163 Å². The highest BCUT2D eigenvalue weighted by atomic mass is 35.5. The number of nitrogens with zero attached hydrogens (tertiary/aromatic N) is 1. The molecule has 0 saturated heterocycles. The summed E-state index contributed by atoms with van der Waals surface area (Å²) >= 11 is 6.05. The molecule has 1 aromatic heterocycles. The smallest absolute Gasteiger partial charge is 0.252 e. The number of aromatic nitrogens is 2. The van der Waals surface area contributed by atoms with E-state index in [-0.39, 0.29) is 0 Å². The van der Waals surface area contributed by atoms with Crippen LogP contribution >= 0.6 is 11.6 Å². The fraction of sp³-hybridized carbons (Fsp3) is 0.238. The van der Waals surface area contributed by atoms with Gasteiger partial charge in [-0.15, -0.1) is 0 Å². The van der Waals surface area contributed by atoms with Crippen LogP contribution in [0.5, 0.6) is 5.75 Å². The normalized spacial score (nSPS) is 10.8. The summed E-state index contributed by atoms with van der Waals surface area (Å²) < 4.78 is 5.24. The van der Waals surface area contributed by atoms with Gasteiger partial charge in [-0.25, -0.2) is 0 Å². The monoisotopic (exact) mass is 383 g/mol. The summed E-state index contributed by atoms with van der Waals surface area (Å²) in [4.78, 5) is 12.0. The van der Waals surface area contributed by atoms with E-state index in [1.54, 1.807) is 7.11 Å². The molecule has 3 rings (SSSR count). The van der Waals surface area contributed by atoms with Crippen LogP contribution in [0, 0.1) is 6.92 Å². The van der Waals surface area contributed by atoms with Gasteiger partial charge in [0.15, 0.2) is 0 Å². The lowest BCUT2D eigenvalue weighted by Crippen LogP contribution is -2.15. The minimum Gasteiger partial charge on any atom is -0.497 e. The number of nitrogens with one attached hydrogen (secondary N) is 1. The molecule has 1 amide bonds. The van der Waals surface area contributed by atoms with Gasteiger partial charge in [-0.3, -0.25) is 9.89 Å². The lowest BCUT2D eigenvalue weighted by molar-refractivity contribution is 0.0998. The molecule has 0 aliphatic rings. The highest BCUT2D eigenvalue weighted by Gasteiger charge is 2.18. The number of hydrogen-bond donors (Lipinski definition) is 2. The summed E-state index contributed by atoms with van der Waals surface area (Å²) in [5.41, 5.74) is 10.8. The minimum absolute atomic E-state index is 0.470. The maximum atomic E-state index is 12.0. The molecule has 3 aromatic rings. The second kappa shape index (κ2) is 8.27. The van der Waals surface area contributed by atoms with Crippen molar-refractivity contribution in [3.05, 3.63) is 81.1 Å². The van der Waals surface area contributed by atoms with Gasteiger partial charge in [0.2, 0.25) is 0 Å². The Bertz CT molecular complexity index is 966. The van der Waals surface area contributed by atoms with Gasteiger partial charge in [0.25, 0.3) is 5.91 Å². The summed E-state index contributed by atoms with van der Waals surface area (Å²) in [6.45, 7) is 2.04. The molecule has 27 heavy (non-hydrogen) atoms. The Morgan fingerprint density at radius 1 is 1.22 bits per heavy atom. The van der Waals surface area contributed by atoms with Crippen molar-refractivity contribution in [2.24, 2.45) is 5.73 Å². The Morgan fingerprint density at radius 3 is 2.70 bits per heavy atom. The molecular formula is C21H22ClN3O2. The number of benzene rings is 2. The maximum absolute atomic E-state index is 12.0. The first kappa shape index (κ1) is 19.0. The number of aryl methyl sites for hydroxylation is 3. The molecule has 0 saturated carbocycles. The summed E-state index contributed by atoms with van der Waals surface area (Å²) in [6, 6.07) is 13.5. The van der Waals surface area contributed by atoms with Crippen molar-refractivity contribution in [1.29, 1.82) is 0 Å². The van der Waals surface area contributed by atoms with E-state index in [0.717, 1.165) is 23.3 Å². The average molecular weight is 384 g/mol. The van der Waals surface area contributed by atoms with Crippen LogP contribution in [-0.2, 0) is 19.3 Å². The fourth-order valence-corrected chi connectivity index (χ4v) is 3.41. The third kappa shape index (κ3) is 4.49. The molecule has 6 heteroatoms. The van der Waals surface area contributed by atoms with Crippen LogP contribution in [0.15, 0.2) is 42.5 Å². The Balaban J connectivity index is 1.80. The topological polar surface area (TPSA) is 81.0 Å². The number of carbonyl (C=O) groups excluding carboxylic acids is 1. The molecule has 0 fully saturated rings. The van der Waals surface area contributed by atoms with Crippen molar-refractivity contribution in [2.45, 2.75) is 26.2 Å². The SMILES string of the molecule is COc1ccc(CCc2n[nH]c(Cc3cccc(Cl)c3)c2C(N)=O)c(C)c1. The number of halogens is 1. The zero-order valence-corrected chi connectivity index (χ0v) is 16.1. The van der Waals surface area contributed by atoms with Gasteiger partial charge < -0.3 is 10.5 Å². The van der Waals surface area contributed by atoms with E-state index in [4.69, 9.17) is 22.1 Å². The number of aromatic amines is 1. The van der Waals surface area contributed by atoms with Crippen LogP contribution in [0.4, 0.5) is 0 Å². The zero-order chi connectivity index (χ0) is 19.4. The van der Waals surface area contributed by atoms with Gasteiger partial charge in [-0.1, -0.05) is 29.8 Å². The van der Waals surface area contributed by atoms with Crippen molar-refractivity contribution < 1.29 is 9.53 Å². The number of hydrogen-bond acceptors (Lipinski definition) is 3. The van der Waals surface area contributed by atoms with Crippen molar-refractivity contribution in [2.75, 3.05) is 7.11 Å². The first-order valence-corrected chi connectivity index (χ1v) is 9.09. The molecule has 140 valence electrons. The number of primary amides is 1. The molecule has 0 radical (unpaired) electrons. The zero-order valence-electron chi connectivity index (χ0n) is 15.4. The lowest BCUT2D eigenvalue weighted by Gasteiger charge is -2.08. The van der Waals surface area contributed by atoms with Crippen LogP contribution in [0.3, 0.4) is 0 Å². The molecule has 0 unspecified atom stereocenters. The van der Waals surface area contributed by atoms with Gasteiger partial charge in [0, 0.05) is 11.4 Å². The largest absolute Gasteiger partial charge is 0.497 e. The van der Waals surface area contributed by atoms with Gasteiger partial charge in [0.05, 0.1) is 24.1 Å². The number of rotatable bonds is 7. The maximum Gasteiger partial charge on any atom is 0.252 e. The molecule has 0 spiro atoms. The number of ether oxygens (including phenoxy) is 1. The van der Waals surface area contributed by atoms with Crippen LogP contribution in [-0.4, -0.2) is 23.2 Å². The second-order valence-electron chi connectivity index (χ2n) is 6.49. The minimum atomic E-state index is -0.470. The predicted molar refractivity (Wildman–Crippen MR) is 107 cm³/mol. The summed E-state index contributed by atoms with van der Waals surface area (Å²) in [5.74, 6) is 0.361. The van der Waals surface area contributed by atoms with Crippen molar-refractivity contribution in [1.82, 2.24) is 10.2 Å². The highest BCUT2D eigenvalue weighted by Crippen LogP contribution is 2.21. The molecule has 0 aliphatic heterocycles. The van der Waals surface area contributed by atoms with Crippen LogP contribution in [0.2, 0.25) is 5.02 Å². The Morgan fingerprint density at radius 2 is 2.04 bits per heavy atom. The van der Waals surface area contributed by atoms with Crippen molar-refractivity contribution >= 4 is 17.5 Å². The van der Waals surface area contributed by atoms with Crippen LogP contribution < -0.4 is 10.5 Å². The fourth-order valence-electron chi connectivity index (χ4n) is 3.20. The molecule has 1 heterocycles. The number of amides is 1. The molecule has 0 aliphatic carbocycles. The standard InChI is InChI=1S/C21H22ClN3O2/c1-13-10-17(27-2)8-6-15(13)7-9-18-20(21(23)26)19(25-24-18)12-14-4-3-5-16(22)11-14/h3-6,8,10-11H,7,9,12H2,1-2H3,(H2,23,26)(H,24,25). The van der Waals surface area contributed by atoms with E-state index in [1.165, 1.54) is 5.56 Å². The lowest BCUT2D eigenvalue weighted by atomic mass is 9.99. The van der Waals surface area contributed by atoms with E-state index in [2.05, 4.69) is 10.2 Å². The van der Waals surface area contributed by atoms with Crippen LogP contribution in [0.25, 0.3) is 0 Å². The first-order chi connectivity index (χ1) is 13.0.